The van der Waals surface area contributed by atoms with Crippen LogP contribution in [-0.2, 0) is 6.42 Å². The zero-order valence-corrected chi connectivity index (χ0v) is 12.7. The van der Waals surface area contributed by atoms with E-state index in [1.54, 1.807) is 4.90 Å². The fourth-order valence-corrected chi connectivity index (χ4v) is 2.26. The first-order valence-corrected chi connectivity index (χ1v) is 7.42. The van der Waals surface area contributed by atoms with Crippen LogP contribution < -0.4 is 10.6 Å². The Morgan fingerprint density at radius 1 is 1.00 bits per heavy atom. The summed E-state index contributed by atoms with van der Waals surface area (Å²) < 4.78 is 0. The van der Waals surface area contributed by atoms with Crippen molar-refractivity contribution in [2.75, 3.05) is 17.2 Å². The number of amides is 1. The van der Waals surface area contributed by atoms with E-state index in [0.717, 1.165) is 24.1 Å². The molecule has 3 nitrogen and oxygen atoms in total. The summed E-state index contributed by atoms with van der Waals surface area (Å²) in [5, 5.41) is 0. The fraction of sp³-hybridized carbons (Fsp3) is 0.278. The standard InChI is InChI=1S/C18H22N2O/c1-3-13-20(17-11-9-16(19)10-12-17)18(21)15-7-5-14(4-2)6-8-15/h5-12H,3-4,13,19H2,1-2H3. The van der Waals surface area contributed by atoms with Crippen LogP contribution in [0.1, 0.15) is 36.2 Å². The van der Waals surface area contributed by atoms with Crippen LogP contribution in [0.2, 0.25) is 0 Å². The lowest BCUT2D eigenvalue weighted by atomic mass is 10.1. The molecular formula is C18H22N2O. The Morgan fingerprint density at radius 2 is 1.62 bits per heavy atom. The minimum absolute atomic E-state index is 0.0317. The van der Waals surface area contributed by atoms with Crippen molar-refractivity contribution in [2.24, 2.45) is 0 Å². The first-order chi connectivity index (χ1) is 10.2. The van der Waals surface area contributed by atoms with E-state index < -0.39 is 0 Å². The van der Waals surface area contributed by atoms with Gasteiger partial charge >= 0.3 is 0 Å². The molecule has 0 fully saturated rings. The molecular weight excluding hydrogens is 260 g/mol. The van der Waals surface area contributed by atoms with Crippen molar-refractivity contribution in [3.05, 3.63) is 59.7 Å². The second kappa shape index (κ2) is 6.93. The van der Waals surface area contributed by atoms with Crippen molar-refractivity contribution >= 4 is 17.3 Å². The van der Waals surface area contributed by atoms with Crippen molar-refractivity contribution in [1.82, 2.24) is 0 Å². The summed E-state index contributed by atoms with van der Waals surface area (Å²) in [5.41, 5.74) is 9.26. The minimum Gasteiger partial charge on any atom is -0.399 e. The highest BCUT2D eigenvalue weighted by molar-refractivity contribution is 6.06. The van der Waals surface area contributed by atoms with Crippen LogP contribution in [0.15, 0.2) is 48.5 Å². The van der Waals surface area contributed by atoms with Crippen LogP contribution in [0.3, 0.4) is 0 Å². The SMILES string of the molecule is CCCN(C(=O)c1ccc(CC)cc1)c1ccc(N)cc1. The van der Waals surface area contributed by atoms with E-state index in [9.17, 15) is 4.79 Å². The van der Waals surface area contributed by atoms with Crippen LogP contribution in [0, 0.1) is 0 Å². The van der Waals surface area contributed by atoms with Crippen LogP contribution >= 0.6 is 0 Å². The van der Waals surface area contributed by atoms with E-state index in [0.29, 0.717) is 12.2 Å². The number of aryl methyl sites for hydroxylation is 1. The van der Waals surface area contributed by atoms with Gasteiger partial charge in [0.15, 0.2) is 0 Å². The third-order valence-corrected chi connectivity index (χ3v) is 3.51. The Hall–Kier alpha value is -2.29. The zero-order chi connectivity index (χ0) is 15.2. The molecule has 0 atom stereocenters. The molecule has 0 radical (unpaired) electrons. The Balaban J connectivity index is 2.27. The Kier molecular flexibility index (Phi) is 4.99. The first-order valence-electron chi connectivity index (χ1n) is 7.42. The summed E-state index contributed by atoms with van der Waals surface area (Å²) in [6, 6.07) is 15.3. The monoisotopic (exact) mass is 282 g/mol. The summed E-state index contributed by atoms with van der Waals surface area (Å²) in [4.78, 5) is 14.5. The van der Waals surface area contributed by atoms with E-state index in [4.69, 9.17) is 5.73 Å². The van der Waals surface area contributed by atoms with Gasteiger partial charge < -0.3 is 10.6 Å². The predicted molar refractivity (Wildman–Crippen MR) is 88.6 cm³/mol. The quantitative estimate of drug-likeness (QED) is 0.846. The summed E-state index contributed by atoms with van der Waals surface area (Å²) >= 11 is 0. The Labute approximate surface area is 126 Å². The Morgan fingerprint density at radius 3 is 2.14 bits per heavy atom. The summed E-state index contributed by atoms with van der Waals surface area (Å²) in [7, 11) is 0. The van der Waals surface area contributed by atoms with E-state index in [2.05, 4.69) is 13.8 Å². The van der Waals surface area contributed by atoms with Crippen molar-refractivity contribution in [3.8, 4) is 0 Å². The number of carbonyl (C=O) groups is 1. The van der Waals surface area contributed by atoms with Crippen LogP contribution in [0.5, 0.6) is 0 Å². The van der Waals surface area contributed by atoms with Gasteiger partial charge in [-0.25, -0.2) is 0 Å². The normalized spacial score (nSPS) is 10.4. The molecule has 3 heteroatoms. The van der Waals surface area contributed by atoms with Crippen molar-refractivity contribution < 1.29 is 4.79 Å². The largest absolute Gasteiger partial charge is 0.399 e. The fourth-order valence-electron chi connectivity index (χ4n) is 2.26. The average molecular weight is 282 g/mol. The van der Waals surface area contributed by atoms with E-state index in [-0.39, 0.29) is 5.91 Å². The van der Waals surface area contributed by atoms with E-state index in [1.165, 1.54) is 5.56 Å². The molecule has 2 aromatic rings. The highest BCUT2D eigenvalue weighted by Gasteiger charge is 2.16. The lowest BCUT2D eigenvalue weighted by Crippen LogP contribution is -2.31. The van der Waals surface area contributed by atoms with Crippen molar-refractivity contribution in [2.45, 2.75) is 26.7 Å². The Bertz CT molecular complexity index is 588. The molecule has 0 aliphatic heterocycles. The topological polar surface area (TPSA) is 46.3 Å². The molecule has 0 heterocycles. The number of nitrogen functional groups attached to an aromatic ring is 1. The molecule has 0 bridgehead atoms. The van der Waals surface area contributed by atoms with Gasteiger partial charge in [0.2, 0.25) is 0 Å². The molecule has 0 unspecified atom stereocenters. The molecule has 0 saturated carbocycles. The third kappa shape index (κ3) is 3.63. The summed E-state index contributed by atoms with van der Waals surface area (Å²) in [6.07, 6.45) is 1.88. The van der Waals surface area contributed by atoms with Gasteiger partial charge in [-0.2, -0.15) is 0 Å². The number of anilines is 2. The second-order valence-electron chi connectivity index (χ2n) is 5.10. The maximum atomic E-state index is 12.7. The van der Waals surface area contributed by atoms with Gasteiger partial charge in [-0.1, -0.05) is 26.0 Å². The third-order valence-electron chi connectivity index (χ3n) is 3.51. The van der Waals surface area contributed by atoms with Crippen LogP contribution in [-0.4, -0.2) is 12.5 Å². The van der Waals surface area contributed by atoms with Gasteiger partial charge in [0.05, 0.1) is 0 Å². The molecule has 0 saturated heterocycles. The van der Waals surface area contributed by atoms with E-state index in [1.807, 2.05) is 48.5 Å². The van der Waals surface area contributed by atoms with Gasteiger partial charge in [-0.05, 0) is 54.8 Å². The summed E-state index contributed by atoms with van der Waals surface area (Å²) in [5.74, 6) is 0.0317. The highest BCUT2D eigenvalue weighted by Crippen LogP contribution is 2.19. The number of carbonyl (C=O) groups excluding carboxylic acids is 1. The highest BCUT2D eigenvalue weighted by atomic mass is 16.2. The number of hydrogen-bond acceptors (Lipinski definition) is 2. The maximum Gasteiger partial charge on any atom is 0.258 e. The molecule has 110 valence electrons. The molecule has 21 heavy (non-hydrogen) atoms. The second-order valence-corrected chi connectivity index (χ2v) is 5.10. The molecule has 2 N–H and O–H groups in total. The van der Waals surface area contributed by atoms with Crippen molar-refractivity contribution in [3.63, 3.8) is 0 Å². The van der Waals surface area contributed by atoms with Crippen molar-refractivity contribution in [1.29, 1.82) is 0 Å². The lowest BCUT2D eigenvalue weighted by molar-refractivity contribution is 0.0987. The molecule has 0 spiro atoms. The molecule has 0 aromatic heterocycles. The number of rotatable bonds is 5. The van der Waals surface area contributed by atoms with Crippen LogP contribution in [0.25, 0.3) is 0 Å². The molecule has 2 aromatic carbocycles. The van der Waals surface area contributed by atoms with Gasteiger partial charge in [-0.3, -0.25) is 4.79 Å². The van der Waals surface area contributed by atoms with Gasteiger partial charge in [0.25, 0.3) is 5.91 Å². The molecule has 0 aliphatic carbocycles. The number of benzene rings is 2. The molecule has 0 aliphatic rings. The van der Waals surface area contributed by atoms with Crippen LogP contribution in [0.4, 0.5) is 11.4 Å². The molecule has 1 amide bonds. The average Bonchev–Trinajstić information content (AvgIpc) is 2.53. The molecule has 2 rings (SSSR count). The van der Waals surface area contributed by atoms with Gasteiger partial charge in [0, 0.05) is 23.5 Å². The lowest BCUT2D eigenvalue weighted by Gasteiger charge is -2.22. The number of nitrogens with zero attached hydrogens (tertiary/aromatic N) is 1. The smallest absolute Gasteiger partial charge is 0.258 e. The minimum atomic E-state index is 0.0317. The summed E-state index contributed by atoms with van der Waals surface area (Å²) in [6.45, 7) is 4.87. The first kappa shape index (κ1) is 15.1. The maximum absolute atomic E-state index is 12.7. The predicted octanol–water partition coefficient (Wildman–Crippen LogP) is 3.89. The number of hydrogen-bond donors (Lipinski definition) is 1. The van der Waals surface area contributed by atoms with Gasteiger partial charge in [-0.15, -0.1) is 0 Å². The van der Waals surface area contributed by atoms with E-state index >= 15 is 0 Å². The zero-order valence-electron chi connectivity index (χ0n) is 12.7. The number of nitrogens with two attached hydrogens (primary N) is 1. The van der Waals surface area contributed by atoms with Gasteiger partial charge in [0.1, 0.15) is 0 Å².